The smallest absolute Gasteiger partial charge is 0.0982 e. The third-order valence-electron chi connectivity index (χ3n) is 2.03. The summed E-state index contributed by atoms with van der Waals surface area (Å²) in [5.74, 6) is 0.169. The summed E-state index contributed by atoms with van der Waals surface area (Å²) in [5.41, 5.74) is 12.0. The molecule has 0 aliphatic heterocycles. The fraction of sp³-hybridized carbons (Fsp3) is 0.300. The highest BCUT2D eigenvalue weighted by Gasteiger charge is 2.12. The van der Waals surface area contributed by atoms with Gasteiger partial charge < -0.3 is 11.5 Å². The Morgan fingerprint density at radius 3 is 2.38 bits per heavy atom. The fourth-order valence-corrected chi connectivity index (χ4v) is 1.35. The van der Waals surface area contributed by atoms with Gasteiger partial charge in [0.2, 0.25) is 0 Å². The molecule has 70 valence electrons. The van der Waals surface area contributed by atoms with E-state index in [0.29, 0.717) is 6.54 Å². The van der Waals surface area contributed by atoms with Crippen LogP contribution in [-0.2, 0) is 0 Å². The molecule has 0 radical (unpaired) electrons. The second kappa shape index (κ2) is 4.62. The van der Waals surface area contributed by atoms with E-state index in [9.17, 15) is 0 Å². The summed E-state index contributed by atoms with van der Waals surface area (Å²) >= 11 is 0. The maximum atomic E-state index is 7.41. The van der Waals surface area contributed by atoms with E-state index in [1.807, 2.05) is 30.3 Å². The summed E-state index contributed by atoms with van der Waals surface area (Å²) in [6.45, 7) is 0.555. The van der Waals surface area contributed by atoms with Crippen LogP contribution in [0.3, 0.4) is 0 Å². The van der Waals surface area contributed by atoms with Gasteiger partial charge >= 0.3 is 0 Å². The number of nitrogens with two attached hydrogens (primary N) is 2. The average Bonchev–Trinajstić information content (AvgIpc) is 2.15. The molecule has 1 unspecified atom stereocenters. The van der Waals surface area contributed by atoms with Crippen LogP contribution in [-0.4, -0.2) is 12.4 Å². The summed E-state index contributed by atoms with van der Waals surface area (Å²) in [6.07, 6.45) is 0.735. The number of hydrogen-bond acceptors (Lipinski definition) is 2. The van der Waals surface area contributed by atoms with Gasteiger partial charge in [-0.2, -0.15) is 0 Å². The topological polar surface area (TPSA) is 75.9 Å². The van der Waals surface area contributed by atoms with Crippen molar-refractivity contribution in [1.82, 2.24) is 0 Å². The van der Waals surface area contributed by atoms with Crippen molar-refractivity contribution in [2.45, 2.75) is 12.3 Å². The van der Waals surface area contributed by atoms with Crippen molar-refractivity contribution in [3.63, 3.8) is 0 Å². The van der Waals surface area contributed by atoms with Crippen LogP contribution in [0.5, 0.6) is 0 Å². The fourth-order valence-electron chi connectivity index (χ4n) is 1.35. The molecule has 0 amide bonds. The Hall–Kier alpha value is -1.35. The third-order valence-corrected chi connectivity index (χ3v) is 2.03. The van der Waals surface area contributed by atoms with Gasteiger partial charge in [-0.15, -0.1) is 0 Å². The number of nitrogens with one attached hydrogen (secondary N) is 1. The number of rotatable bonds is 4. The number of amidine groups is 1. The van der Waals surface area contributed by atoms with Crippen molar-refractivity contribution >= 4 is 5.84 Å². The van der Waals surface area contributed by atoms with E-state index in [-0.39, 0.29) is 11.8 Å². The van der Waals surface area contributed by atoms with E-state index in [4.69, 9.17) is 16.9 Å². The molecule has 0 saturated heterocycles. The van der Waals surface area contributed by atoms with Gasteiger partial charge in [-0.1, -0.05) is 30.3 Å². The van der Waals surface area contributed by atoms with Crippen LogP contribution in [0.2, 0.25) is 0 Å². The zero-order valence-electron chi connectivity index (χ0n) is 7.53. The molecule has 0 saturated carbocycles. The van der Waals surface area contributed by atoms with Gasteiger partial charge in [-0.05, 0) is 18.5 Å². The van der Waals surface area contributed by atoms with Gasteiger partial charge in [0.1, 0.15) is 0 Å². The van der Waals surface area contributed by atoms with Gasteiger partial charge in [0.25, 0.3) is 0 Å². The van der Waals surface area contributed by atoms with Gasteiger partial charge in [-0.25, -0.2) is 0 Å². The third kappa shape index (κ3) is 2.56. The Morgan fingerprint density at radius 2 is 1.92 bits per heavy atom. The minimum absolute atomic E-state index is 0.0220. The van der Waals surface area contributed by atoms with E-state index in [1.54, 1.807) is 0 Å². The van der Waals surface area contributed by atoms with E-state index in [0.717, 1.165) is 12.0 Å². The minimum atomic E-state index is -0.0220. The molecule has 0 spiro atoms. The van der Waals surface area contributed by atoms with Crippen LogP contribution in [0.4, 0.5) is 0 Å². The molecule has 0 aromatic heterocycles. The molecule has 5 N–H and O–H groups in total. The monoisotopic (exact) mass is 177 g/mol. The summed E-state index contributed by atoms with van der Waals surface area (Å²) in [6, 6.07) is 9.79. The highest BCUT2D eigenvalue weighted by Crippen LogP contribution is 2.17. The molecular weight excluding hydrogens is 162 g/mol. The first-order chi connectivity index (χ1) is 6.25. The largest absolute Gasteiger partial charge is 0.387 e. The van der Waals surface area contributed by atoms with E-state index in [2.05, 4.69) is 0 Å². The zero-order chi connectivity index (χ0) is 9.68. The van der Waals surface area contributed by atoms with Crippen LogP contribution in [0.15, 0.2) is 30.3 Å². The molecule has 1 rings (SSSR count). The predicted molar refractivity (Wildman–Crippen MR) is 54.8 cm³/mol. The van der Waals surface area contributed by atoms with Gasteiger partial charge in [-0.3, -0.25) is 5.41 Å². The van der Waals surface area contributed by atoms with Crippen LogP contribution >= 0.6 is 0 Å². The molecule has 0 fully saturated rings. The molecule has 3 heteroatoms. The molecule has 0 aliphatic carbocycles. The number of hydrogen-bond donors (Lipinski definition) is 3. The molecular formula is C10H15N3. The van der Waals surface area contributed by atoms with Crippen molar-refractivity contribution < 1.29 is 0 Å². The summed E-state index contributed by atoms with van der Waals surface area (Å²) in [5, 5.41) is 7.41. The lowest BCUT2D eigenvalue weighted by atomic mass is 9.95. The van der Waals surface area contributed by atoms with Crippen molar-refractivity contribution in [1.29, 1.82) is 5.41 Å². The van der Waals surface area contributed by atoms with Crippen LogP contribution < -0.4 is 11.5 Å². The first-order valence-corrected chi connectivity index (χ1v) is 4.34. The molecule has 0 bridgehead atoms. The second-order valence-corrected chi connectivity index (χ2v) is 3.00. The first-order valence-electron chi connectivity index (χ1n) is 4.34. The van der Waals surface area contributed by atoms with E-state index < -0.39 is 0 Å². The molecule has 1 aromatic rings. The highest BCUT2D eigenvalue weighted by atomic mass is 14.7. The van der Waals surface area contributed by atoms with E-state index in [1.165, 1.54) is 0 Å². The summed E-state index contributed by atoms with van der Waals surface area (Å²) < 4.78 is 0. The molecule has 1 aromatic carbocycles. The first kappa shape index (κ1) is 9.74. The van der Waals surface area contributed by atoms with Crippen molar-refractivity contribution in [3.8, 4) is 0 Å². The highest BCUT2D eigenvalue weighted by molar-refractivity contribution is 5.84. The van der Waals surface area contributed by atoms with E-state index >= 15 is 0 Å². The SMILES string of the molecule is N=C(N)C(CCN)c1ccccc1. The quantitative estimate of drug-likeness (QED) is 0.475. The molecule has 0 aliphatic rings. The predicted octanol–water partition coefficient (Wildman–Crippen LogP) is 1.05. The Bertz CT molecular complexity index is 269. The lowest BCUT2D eigenvalue weighted by molar-refractivity contribution is 0.768. The second-order valence-electron chi connectivity index (χ2n) is 3.00. The van der Waals surface area contributed by atoms with Gasteiger partial charge in [0.15, 0.2) is 0 Å². The van der Waals surface area contributed by atoms with Crippen LogP contribution in [0.25, 0.3) is 0 Å². The molecule has 1 atom stereocenters. The Kier molecular flexibility index (Phi) is 3.46. The maximum absolute atomic E-state index is 7.41. The normalized spacial score (nSPS) is 12.4. The van der Waals surface area contributed by atoms with Gasteiger partial charge in [0.05, 0.1) is 5.84 Å². The average molecular weight is 177 g/mol. The van der Waals surface area contributed by atoms with Crippen LogP contribution in [0, 0.1) is 5.41 Å². The Balaban J connectivity index is 2.82. The maximum Gasteiger partial charge on any atom is 0.0982 e. The van der Waals surface area contributed by atoms with Crippen LogP contribution in [0.1, 0.15) is 17.9 Å². The van der Waals surface area contributed by atoms with Crippen molar-refractivity contribution in [3.05, 3.63) is 35.9 Å². The van der Waals surface area contributed by atoms with Crippen molar-refractivity contribution in [2.24, 2.45) is 11.5 Å². The Labute approximate surface area is 78.3 Å². The minimum Gasteiger partial charge on any atom is -0.387 e. The molecule has 3 nitrogen and oxygen atoms in total. The lowest BCUT2D eigenvalue weighted by Crippen LogP contribution is -2.23. The van der Waals surface area contributed by atoms with Gasteiger partial charge in [0, 0.05) is 5.92 Å². The molecule has 13 heavy (non-hydrogen) atoms. The Morgan fingerprint density at radius 1 is 1.31 bits per heavy atom. The summed E-state index contributed by atoms with van der Waals surface area (Å²) in [4.78, 5) is 0. The van der Waals surface area contributed by atoms with Crippen molar-refractivity contribution in [2.75, 3.05) is 6.54 Å². The zero-order valence-corrected chi connectivity index (χ0v) is 7.53. The molecule has 0 heterocycles. The number of benzene rings is 1. The lowest BCUT2D eigenvalue weighted by Gasteiger charge is -2.14. The summed E-state index contributed by atoms with van der Waals surface area (Å²) in [7, 11) is 0. The standard InChI is InChI=1S/C10H15N3/c11-7-6-9(10(12)13)8-4-2-1-3-5-8/h1-5,9H,6-7,11H2,(H3,12,13).